The Hall–Kier alpha value is -3.02. The van der Waals surface area contributed by atoms with Crippen molar-refractivity contribution in [2.75, 3.05) is 19.0 Å². The average molecular weight is 339 g/mol. The van der Waals surface area contributed by atoms with Crippen LogP contribution in [0.25, 0.3) is 10.9 Å². The Balaban J connectivity index is 1.58. The first-order valence-corrected chi connectivity index (χ1v) is 8.22. The van der Waals surface area contributed by atoms with E-state index in [4.69, 9.17) is 9.47 Å². The molecule has 1 amide bonds. The summed E-state index contributed by atoms with van der Waals surface area (Å²) < 4.78 is 12.4. The summed E-state index contributed by atoms with van der Waals surface area (Å²) in [5, 5.41) is 8.22. The summed E-state index contributed by atoms with van der Waals surface area (Å²) in [6, 6.07) is 13.1. The van der Waals surface area contributed by atoms with Crippen LogP contribution in [0.5, 0.6) is 11.5 Å². The molecule has 0 fully saturated rings. The molecule has 1 aromatic heterocycles. The van der Waals surface area contributed by atoms with Crippen LogP contribution in [0.1, 0.15) is 13.3 Å². The molecule has 0 unspecified atom stereocenters. The van der Waals surface area contributed by atoms with E-state index in [1.807, 2.05) is 54.1 Å². The third-order valence-electron chi connectivity index (χ3n) is 3.85. The number of carbonyl (C=O) groups is 1. The molecule has 2 aromatic carbocycles. The van der Waals surface area contributed by atoms with Gasteiger partial charge in [0.15, 0.2) is 0 Å². The zero-order valence-corrected chi connectivity index (χ0v) is 14.4. The topological polar surface area (TPSA) is 65.4 Å². The lowest BCUT2D eigenvalue weighted by Gasteiger charge is -2.08. The number of hydrogen-bond acceptors (Lipinski definition) is 4. The first kappa shape index (κ1) is 16.8. The number of aromatic nitrogens is 2. The number of amides is 1. The van der Waals surface area contributed by atoms with E-state index in [9.17, 15) is 4.79 Å². The van der Waals surface area contributed by atoms with Gasteiger partial charge in [0, 0.05) is 17.5 Å². The van der Waals surface area contributed by atoms with Crippen molar-refractivity contribution in [1.29, 1.82) is 0 Å². The Labute approximate surface area is 146 Å². The van der Waals surface area contributed by atoms with E-state index in [2.05, 4.69) is 10.4 Å². The second-order valence-corrected chi connectivity index (χ2v) is 5.55. The van der Waals surface area contributed by atoms with E-state index in [0.717, 1.165) is 28.1 Å². The minimum atomic E-state index is -0.0543. The van der Waals surface area contributed by atoms with E-state index in [0.29, 0.717) is 19.6 Å². The highest BCUT2D eigenvalue weighted by Gasteiger charge is 2.07. The van der Waals surface area contributed by atoms with Crippen molar-refractivity contribution in [2.45, 2.75) is 19.9 Å². The molecule has 3 aromatic rings. The maximum atomic E-state index is 12.2. The number of rotatable bonds is 7. The molecule has 6 heteroatoms. The molecular weight excluding hydrogens is 318 g/mol. The summed E-state index contributed by atoms with van der Waals surface area (Å²) in [6.07, 6.45) is 2.12. The molecule has 6 nitrogen and oxygen atoms in total. The number of anilines is 1. The number of carbonyl (C=O) groups excluding carboxylic acids is 1. The number of hydrogen-bond donors (Lipinski definition) is 1. The molecule has 1 heterocycles. The van der Waals surface area contributed by atoms with Gasteiger partial charge in [-0.2, -0.15) is 5.10 Å². The highest BCUT2D eigenvalue weighted by atomic mass is 16.5. The van der Waals surface area contributed by atoms with Crippen LogP contribution in [-0.2, 0) is 11.3 Å². The zero-order chi connectivity index (χ0) is 17.6. The second kappa shape index (κ2) is 7.70. The third kappa shape index (κ3) is 4.09. The van der Waals surface area contributed by atoms with Crippen LogP contribution in [0.15, 0.2) is 48.7 Å². The lowest BCUT2D eigenvalue weighted by molar-refractivity contribution is -0.116. The molecule has 0 saturated heterocycles. The van der Waals surface area contributed by atoms with Crippen LogP contribution in [0.4, 0.5) is 5.69 Å². The molecule has 0 saturated carbocycles. The van der Waals surface area contributed by atoms with Gasteiger partial charge in [0.05, 0.1) is 32.0 Å². The van der Waals surface area contributed by atoms with Gasteiger partial charge in [-0.3, -0.25) is 9.48 Å². The van der Waals surface area contributed by atoms with Crippen molar-refractivity contribution in [2.24, 2.45) is 0 Å². The predicted molar refractivity (Wildman–Crippen MR) is 97.1 cm³/mol. The van der Waals surface area contributed by atoms with E-state index in [1.54, 1.807) is 13.3 Å². The zero-order valence-electron chi connectivity index (χ0n) is 14.4. The van der Waals surface area contributed by atoms with E-state index in [1.165, 1.54) is 0 Å². The van der Waals surface area contributed by atoms with Gasteiger partial charge in [0.1, 0.15) is 11.5 Å². The lowest BCUT2D eigenvalue weighted by atomic mass is 10.2. The van der Waals surface area contributed by atoms with Gasteiger partial charge in [0.2, 0.25) is 5.91 Å². The van der Waals surface area contributed by atoms with Crippen LogP contribution >= 0.6 is 0 Å². The van der Waals surface area contributed by atoms with Crippen molar-refractivity contribution in [3.8, 4) is 11.5 Å². The number of fused-ring (bicyclic) bond motifs is 1. The largest absolute Gasteiger partial charge is 0.497 e. The Morgan fingerprint density at radius 3 is 2.64 bits per heavy atom. The Morgan fingerprint density at radius 2 is 1.92 bits per heavy atom. The molecule has 0 radical (unpaired) electrons. The molecule has 0 aliphatic rings. The van der Waals surface area contributed by atoms with Crippen LogP contribution < -0.4 is 14.8 Å². The summed E-state index contributed by atoms with van der Waals surface area (Å²) in [7, 11) is 1.64. The number of aryl methyl sites for hydroxylation is 1. The van der Waals surface area contributed by atoms with E-state index < -0.39 is 0 Å². The smallest absolute Gasteiger partial charge is 0.226 e. The Morgan fingerprint density at radius 1 is 1.16 bits per heavy atom. The molecule has 0 bridgehead atoms. The standard InChI is InChI=1S/C19H21N3O3/c1-3-25-16-6-4-15(5-7-16)21-19(23)10-11-22-18-9-8-17(24-2)12-14(18)13-20-22/h4-9,12-13H,3,10-11H2,1-2H3,(H,21,23). The number of benzene rings is 2. The maximum Gasteiger partial charge on any atom is 0.226 e. The Kier molecular flexibility index (Phi) is 5.18. The monoisotopic (exact) mass is 339 g/mol. The lowest BCUT2D eigenvalue weighted by Crippen LogP contribution is -2.14. The first-order chi connectivity index (χ1) is 12.2. The predicted octanol–water partition coefficient (Wildman–Crippen LogP) is 3.47. The van der Waals surface area contributed by atoms with Crippen molar-refractivity contribution in [1.82, 2.24) is 9.78 Å². The number of ether oxygens (including phenoxy) is 2. The summed E-state index contributed by atoms with van der Waals surface area (Å²) in [4.78, 5) is 12.2. The van der Waals surface area contributed by atoms with Gasteiger partial charge < -0.3 is 14.8 Å². The number of nitrogens with one attached hydrogen (secondary N) is 1. The van der Waals surface area contributed by atoms with E-state index in [-0.39, 0.29) is 5.91 Å². The highest BCUT2D eigenvalue weighted by molar-refractivity contribution is 5.90. The highest BCUT2D eigenvalue weighted by Crippen LogP contribution is 2.21. The van der Waals surface area contributed by atoms with Crippen molar-refractivity contribution < 1.29 is 14.3 Å². The summed E-state index contributed by atoms with van der Waals surface area (Å²) in [6.45, 7) is 3.07. The molecule has 0 atom stereocenters. The molecule has 0 aliphatic heterocycles. The van der Waals surface area contributed by atoms with Crippen molar-refractivity contribution >= 4 is 22.5 Å². The minimum Gasteiger partial charge on any atom is -0.497 e. The van der Waals surface area contributed by atoms with Gasteiger partial charge >= 0.3 is 0 Å². The fourth-order valence-electron chi connectivity index (χ4n) is 2.60. The fraction of sp³-hybridized carbons (Fsp3) is 0.263. The van der Waals surface area contributed by atoms with Gasteiger partial charge in [-0.15, -0.1) is 0 Å². The van der Waals surface area contributed by atoms with Gasteiger partial charge in [-0.1, -0.05) is 0 Å². The quantitative estimate of drug-likeness (QED) is 0.716. The van der Waals surface area contributed by atoms with Crippen LogP contribution in [0.2, 0.25) is 0 Å². The average Bonchev–Trinajstić information content (AvgIpc) is 3.04. The first-order valence-electron chi connectivity index (χ1n) is 8.22. The maximum absolute atomic E-state index is 12.2. The van der Waals surface area contributed by atoms with Crippen molar-refractivity contribution in [3.63, 3.8) is 0 Å². The minimum absolute atomic E-state index is 0.0543. The van der Waals surface area contributed by atoms with Gasteiger partial charge in [-0.05, 0) is 49.4 Å². The van der Waals surface area contributed by atoms with Crippen LogP contribution in [0.3, 0.4) is 0 Å². The summed E-state index contributed by atoms with van der Waals surface area (Å²) in [5.41, 5.74) is 1.73. The van der Waals surface area contributed by atoms with Gasteiger partial charge in [0.25, 0.3) is 0 Å². The normalized spacial score (nSPS) is 10.6. The molecule has 25 heavy (non-hydrogen) atoms. The van der Waals surface area contributed by atoms with Crippen LogP contribution in [0, 0.1) is 0 Å². The number of nitrogens with zero attached hydrogens (tertiary/aromatic N) is 2. The van der Waals surface area contributed by atoms with Gasteiger partial charge in [-0.25, -0.2) is 0 Å². The summed E-state index contributed by atoms with van der Waals surface area (Å²) in [5.74, 6) is 1.53. The second-order valence-electron chi connectivity index (χ2n) is 5.55. The molecule has 0 aliphatic carbocycles. The molecule has 1 N–H and O–H groups in total. The van der Waals surface area contributed by atoms with E-state index >= 15 is 0 Å². The molecule has 3 rings (SSSR count). The molecule has 130 valence electrons. The van der Waals surface area contributed by atoms with Crippen molar-refractivity contribution in [3.05, 3.63) is 48.7 Å². The SMILES string of the molecule is CCOc1ccc(NC(=O)CCn2ncc3cc(OC)ccc32)cc1. The van der Waals surface area contributed by atoms with Crippen LogP contribution in [-0.4, -0.2) is 29.4 Å². The Bertz CT molecular complexity index is 856. The fourth-order valence-corrected chi connectivity index (χ4v) is 2.60. The molecule has 0 spiro atoms. The third-order valence-corrected chi connectivity index (χ3v) is 3.85. The number of methoxy groups -OCH3 is 1. The summed E-state index contributed by atoms with van der Waals surface area (Å²) >= 11 is 0. The molecular formula is C19H21N3O3.